The van der Waals surface area contributed by atoms with Gasteiger partial charge in [0.2, 0.25) is 17.0 Å². The molecule has 2 saturated heterocycles. The Bertz CT molecular complexity index is 1190. The molecule has 5 rings (SSSR count). The number of benzene rings is 1. The van der Waals surface area contributed by atoms with Crippen molar-refractivity contribution in [2.24, 2.45) is 4.99 Å². The van der Waals surface area contributed by atoms with E-state index in [2.05, 4.69) is 25.0 Å². The molecule has 1 aromatic carbocycles. The van der Waals surface area contributed by atoms with Gasteiger partial charge in [0, 0.05) is 39.5 Å². The molecule has 3 amide bonds. The number of likely N-dealkylation sites (N-methyl/N-ethyl adjacent to an activating group) is 2. The van der Waals surface area contributed by atoms with E-state index in [1.54, 1.807) is 11.7 Å². The maximum Gasteiger partial charge on any atom is 0.392 e. The Morgan fingerprint density at radius 3 is 2.56 bits per heavy atom. The molecule has 1 unspecified atom stereocenters. The van der Waals surface area contributed by atoms with Crippen LogP contribution in [0.4, 0.5) is 4.79 Å². The molecule has 1 atom stereocenters. The number of thioether (sulfide) groups is 1. The number of amidine groups is 1. The van der Waals surface area contributed by atoms with Gasteiger partial charge in [0.25, 0.3) is 5.91 Å². The Balaban J connectivity index is 1.38. The van der Waals surface area contributed by atoms with Gasteiger partial charge in [0.05, 0.1) is 31.9 Å². The highest BCUT2D eigenvalue weighted by molar-refractivity contribution is 7.99. The van der Waals surface area contributed by atoms with Gasteiger partial charge in [-0.05, 0) is 22.6 Å². The highest BCUT2D eigenvalue weighted by atomic mass is 32.2. The number of aliphatic imine (C=N–C) groups is 1. The number of urea groups is 1. The number of imide groups is 1. The second kappa shape index (κ2) is 10.3. The lowest BCUT2D eigenvalue weighted by Crippen LogP contribution is -2.63. The maximum atomic E-state index is 13.2. The molecular weight excluding hydrogens is 484 g/mol. The minimum Gasteiger partial charge on any atom is -0.395 e. The van der Waals surface area contributed by atoms with E-state index in [9.17, 15) is 14.7 Å². The van der Waals surface area contributed by atoms with E-state index in [-0.39, 0.29) is 18.5 Å². The first-order valence-electron chi connectivity index (χ1n) is 11.8. The van der Waals surface area contributed by atoms with E-state index in [1.807, 2.05) is 35.2 Å². The van der Waals surface area contributed by atoms with Crippen LogP contribution in [0.1, 0.15) is 0 Å². The molecule has 36 heavy (non-hydrogen) atoms. The van der Waals surface area contributed by atoms with Gasteiger partial charge in [-0.1, -0.05) is 35.0 Å². The number of guanidine groups is 1. The quantitative estimate of drug-likeness (QED) is 0.368. The number of hydrogen-bond donors (Lipinski definition) is 1. The van der Waals surface area contributed by atoms with Gasteiger partial charge in [-0.3, -0.25) is 24.1 Å². The van der Waals surface area contributed by atoms with Crippen LogP contribution in [0.25, 0.3) is 5.69 Å². The topological polar surface area (TPSA) is 126 Å². The minimum absolute atomic E-state index is 0.125. The van der Waals surface area contributed by atoms with Crippen LogP contribution < -0.4 is 0 Å². The van der Waals surface area contributed by atoms with Gasteiger partial charge in [-0.25, -0.2) is 9.69 Å². The van der Waals surface area contributed by atoms with Crippen molar-refractivity contribution in [2.45, 2.75) is 11.2 Å². The van der Waals surface area contributed by atoms with E-state index in [0.29, 0.717) is 35.8 Å². The number of aliphatic hydroxyl groups is 1. The second-order valence-corrected chi connectivity index (χ2v) is 9.78. The van der Waals surface area contributed by atoms with E-state index in [1.165, 1.54) is 23.7 Å². The Kier molecular flexibility index (Phi) is 6.98. The number of amides is 3. The zero-order valence-electron chi connectivity index (χ0n) is 20.3. The van der Waals surface area contributed by atoms with Crippen molar-refractivity contribution >= 4 is 35.5 Å². The predicted molar refractivity (Wildman–Crippen MR) is 132 cm³/mol. The number of aromatic nitrogens is 4. The van der Waals surface area contributed by atoms with Crippen LogP contribution in [0.3, 0.4) is 0 Å². The number of tetrazole rings is 1. The molecule has 3 aliphatic heterocycles. The van der Waals surface area contributed by atoms with Crippen LogP contribution in [0.15, 0.2) is 40.5 Å². The van der Waals surface area contributed by atoms with Crippen LogP contribution >= 0.6 is 11.8 Å². The van der Waals surface area contributed by atoms with Crippen LogP contribution in [0.5, 0.6) is 0 Å². The highest BCUT2D eigenvalue weighted by Gasteiger charge is 2.55. The molecule has 1 aromatic heterocycles. The smallest absolute Gasteiger partial charge is 0.392 e. The molecule has 2 aromatic rings. The second-order valence-electron chi connectivity index (χ2n) is 8.71. The first-order valence-corrected chi connectivity index (χ1v) is 12.8. The zero-order chi connectivity index (χ0) is 25.2. The number of β-amino-alcohol motifs (C(OH)–C–C–N with tert-alkyl or cyclic N) is 1. The first-order chi connectivity index (χ1) is 17.5. The zero-order valence-corrected chi connectivity index (χ0v) is 21.1. The summed E-state index contributed by atoms with van der Waals surface area (Å²) >= 11 is 1.49. The summed E-state index contributed by atoms with van der Waals surface area (Å²) in [5.74, 6) is 1.47. The number of nitrogens with zero attached hydrogens (tertiary/aromatic N) is 10. The number of fused-ring (bicyclic) bond motifs is 1. The summed E-state index contributed by atoms with van der Waals surface area (Å²) in [6, 6.07) is 8.62. The van der Waals surface area contributed by atoms with E-state index in [0.717, 1.165) is 36.8 Å². The molecule has 0 radical (unpaired) electrons. The highest BCUT2D eigenvalue weighted by Crippen LogP contribution is 2.25. The molecule has 13 nitrogen and oxygen atoms in total. The minimum atomic E-state index is -0.658. The van der Waals surface area contributed by atoms with Gasteiger partial charge in [0.15, 0.2) is 0 Å². The number of piperazine rings is 1. The third kappa shape index (κ3) is 4.47. The van der Waals surface area contributed by atoms with E-state index < -0.39 is 6.04 Å². The summed E-state index contributed by atoms with van der Waals surface area (Å²) in [4.78, 5) is 37.4. The van der Waals surface area contributed by atoms with Crippen LogP contribution in [-0.4, -0.2) is 145 Å². The lowest BCUT2D eigenvalue weighted by molar-refractivity contribution is -0.544. The van der Waals surface area contributed by atoms with Crippen molar-refractivity contribution in [2.75, 3.05) is 65.7 Å². The summed E-state index contributed by atoms with van der Waals surface area (Å²) in [7, 11) is 3.16. The Hall–Kier alpha value is -3.36. The first kappa shape index (κ1) is 24.3. The normalized spacial score (nSPS) is 20.9. The average Bonchev–Trinajstić information content (AvgIpc) is 3.53. The van der Waals surface area contributed by atoms with Crippen LogP contribution in [0.2, 0.25) is 0 Å². The molecule has 3 aliphatic rings. The number of carbonyl (C=O) groups is 2. The number of hydrogen-bond acceptors (Lipinski definition) is 8. The average molecular weight is 514 g/mol. The van der Waals surface area contributed by atoms with Crippen LogP contribution in [-0.2, 0) is 4.79 Å². The molecule has 4 heterocycles. The summed E-state index contributed by atoms with van der Waals surface area (Å²) in [5.41, 5.74) is 0.869. The molecule has 14 heteroatoms. The van der Waals surface area contributed by atoms with Crippen LogP contribution in [0, 0.1) is 0 Å². The lowest BCUT2D eigenvalue weighted by atomic mass is 10.1. The molecule has 0 saturated carbocycles. The fourth-order valence-electron chi connectivity index (χ4n) is 4.62. The summed E-state index contributed by atoms with van der Waals surface area (Å²) in [6.45, 7) is 4.29. The molecule has 0 bridgehead atoms. The SMILES string of the molecule is CN1C(=O)C2C(=NC(=[N+]3CCN(CCO)CC3)N2CCSc2nnnn2-c2ccccc2)N(C)C1=O. The predicted octanol–water partition coefficient (Wildman–Crippen LogP) is -0.963. The molecule has 1 N–H and O–H groups in total. The van der Waals surface area contributed by atoms with Gasteiger partial charge in [-0.2, -0.15) is 4.68 Å². The Labute approximate surface area is 212 Å². The summed E-state index contributed by atoms with van der Waals surface area (Å²) in [5, 5.41) is 22.0. The van der Waals surface area contributed by atoms with E-state index in [4.69, 9.17) is 4.99 Å². The molecule has 0 spiro atoms. The van der Waals surface area contributed by atoms with Crippen molar-refractivity contribution in [3.8, 4) is 5.69 Å². The maximum absolute atomic E-state index is 13.2. The number of carbonyl (C=O) groups excluding carboxylic acids is 2. The summed E-state index contributed by atoms with van der Waals surface area (Å²) in [6.07, 6.45) is 0. The number of rotatable bonds is 7. The van der Waals surface area contributed by atoms with Crippen molar-refractivity contribution in [1.29, 1.82) is 0 Å². The fourth-order valence-corrected chi connectivity index (χ4v) is 5.44. The Morgan fingerprint density at radius 2 is 1.83 bits per heavy atom. The van der Waals surface area contributed by atoms with Gasteiger partial charge >= 0.3 is 12.0 Å². The molecular formula is C22H29N10O3S+. The third-order valence-electron chi connectivity index (χ3n) is 6.59. The molecule has 0 aliphatic carbocycles. The molecule has 190 valence electrons. The number of para-hydroxylation sites is 1. The standard InChI is InChI=1S/C22H29N10O3S/c1-27-18-17(19(34)28(2)22(27)35)31(20(23-18)30-10-8-29(9-11-30)12-14-33)13-15-36-21-24-25-26-32(21)16-6-4-3-5-7-16/h3-7,17,33H,8-15H2,1-2H3/q+1. The van der Waals surface area contributed by atoms with Crippen molar-refractivity contribution in [1.82, 2.24) is 39.8 Å². The monoisotopic (exact) mass is 513 g/mol. The van der Waals surface area contributed by atoms with Gasteiger partial charge < -0.3 is 5.11 Å². The summed E-state index contributed by atoms with van der Waals surface area (Å²) < 4.78 is 3.84. The van der Waals surface area contributed by atoms with Gasteiger partial charge in [-0.15, -0.1) is 5.10 Å². The third-order valence-corrected chi connectivity index (χ3v) is 7.49. The van der Waals surface area contributed by atoms with Crippen molar-refractivity contribution < 1.29 is 19.3 Å². The van der Waals surface area contributed by atoms with E-state index >= 15 is 0 Å². The largest absolute Gasteiger partial charge is 0.395 e. The lowest BCUT2D eigenvalue weighted by Gasteiger charge is -2.33. The van der Waals surface area contributed by atoms with Crippen molar-refractivity contribution in [3.63, 3.8) is 0 Å². The fraction of sp³-hybridized carbons (Fsp3) is 0.500. The Morgan fingerprint density at radius 1 is 1.08 bits per heavy atom. The van der Waals surface area contributed by atoms with Crippen molar-refractivity contribution in [3.05, 3.63) is 30.3 Å². The van der Waals surface area contributed by atoms with Gasteiger partial charge in [0.1, 0.15) is 0 Å². The number of aliphatic hydroxyl groups excluding tert-OH is 1. The molecule has 2 fully saturated rings.